The molecule has 7 heteroatoms. The molecule has 4 aliphatic rings. The van der Waals surface area contributed by atoms with E-state index < -0.39 is 47.1 Å². The second kappa shape index (κ2) is 7.87. The zero-order valence-corrected chi connectivity index (χ0v) is 19.0. The number of fused-ring (bicyclic) bond motifs is 5. The van der Waals surface area contributed by atoms with E-state index in [1.54, 1.807) is 6.08 Å². The summed E-state index contributed by atoms with van der Waals surface area (Å²) >= 11 is 0. The van der Waals surface area contributed by atoms with Crippen LogP contribution in [0.2, 0.25) is 0 Å². The van der Waals surface area contributed by atoms with Gasteiger partial charge in [-0.3, -0.25) is 14.4 Å². The van der Waals surface area contributed by atoms with Crippen molar-refractivity contribution in [3.8, 4) is 0 Å². The molecule has 0 aromatic rings. The smallest absolute Gasteiger partial charge is 0.306 e. The fourth-order valence-corrected chi connectivity index (χ4v) is 7.58. The van der Waals surface area contributed by atoms with E-state index in [0.717, 1.165) is 0 Å². The molecule has 0 heterocycles. The largest absolute Gasteiger partial charge is 0.450 e. The van der Waals surface area contributed by atoms with Gasteiger partial charge in [0.15, 0.2) is 11.4 Å². The Labute approximate surface area is 187 Å². The van der Waals surface area contributed by atoms with Gasteiger partial charge in [0.1, 0.15) is 12.8 Å². The summed E-state index contributed by atoms with van der Waals surface area (Å²) in [6, 6.07) is 0. The molecule has 0 aromatic heterocycles. The Morgan fingerprint density at radius 3 is 2.69 bits per heavy atom. The van der Waals surface area contributed by atoms with Crippen LogP contribution in [0.5, 0.6) is 0 Å². The van der Waals surface area contributed by atoms with Crippen LogP contribution < -0.4 is 0 Å². The number of allylic oxidation sites excluding steroid dienone is 4. The summed E-state index contributed by atoms with van der Waals surface area (Å²) in [6.45, 7) is 4.80. The molecular weight excluding hydrogens is 415 g/mol. The highest BCUT2D eigenvalue weighted by atomic mass is 19.1. The van der Waals surface area contributed by atoms with Gasteiger partial charge in [-0.05, 0) is 61.7 Å². The van der Waals surface area contributed by atoms with Crippen LogP contribution in [0.15, 0.2) is 23.8 Å². The van der Waals surface area contributed by atoms with E-state index in [1.165, 1.54) is 12.2 Å². The van der Waals surface area contributed by atoms with E-state index in [2.05, 4.69) is 0 Å². The number of rotatable bonds is 5. The van der Waals surface area contributed by atoms with Crippen molar-refractivity contribution in [2.45, 2.75) is 77.2 Å². The Balaban J connectivity index is 1.76. The molecule has 3 fully saturated rings. The topological polar surface area (TPSA) is 101 Å². The summed E-state index contributed by atoms with van der Waals surface area (Å²) in [6.07, 6.45) is 4.20. The molecule has 1 unspecified atom stereocenters. The van der Waals surface area contributed by atoms with Gasteiger partial charge in [-0.25, -0.2) is 4.39 Å². The lowest BCUT2D eigenvalue weighted by molar-refractivity contribution is -0.201. The second-order valence-electron chi connectivity index (χ2n) is 10.5. The molecule has 176 valence electrons. The number of carbonyl (C=O) groups is 3. The minimum Gasteiger partial charge on any atom is -0.450 e. The van der Waals surface area contributed by atoms with E-state index in [4.69, 9.17) is 4.74 Å². The number of alkyl halides is 1. The van der Waals surface area contributed by atoms with Crippen molar-refractivity contribution >= 4 is 17.5 Å². The van der Waals surface area contributed by atoms with Crippen molar-refractivity contribution in [2.24, 2.45) is 28.6 Å². The third-order valence-corrected chi connectivity index (χ3v) is 8.93. The first-order chi connectivity index (χ1) is 15.0. The van der Waals surface area contributed by atoms with Gasteiger partial charge in [-0.15, -0.1) is 0 Å². The summed E-state index contributed by atoms with van der Waals surface area (Å²) in [5.41, 5.74) is -2.81. The molecule has 0 bridgehead atoms. The SMILES string of the molecule is CCCC(=O)O[C@@]1(C(=O)CO)CC[C@H]2[C@@H]3CC(F)C4=CC(=O)C=C[C@]4(C)[C@H]3[C@@H](O)C[C@@]21C. The average Bonchev–Trinajstić information content (AvgIpc) is 3.01. The van der Waals surface area contributed by atoms with Crippen LogP contribution in [0, 0.1) is 28.6 Å². The first kappa shape index (κ1) is 23.3. The standard InChI is InChI=1S/C25H33FO6/c1-4-5-21(31)32-25(20(30)13-27)9-7-16-15-11-18(26)17-10-14(28)6-8-23(17,2)22(15)19(29)12-24(16,25)3/h6,8,10,15-16,18-19,22,27,29H,4-5,7,9,11-13H2,1-3H3/t15-,16-,18?,19-,22+,23-,24-,25+/m0/s1. The monoisotopic (exact) mass is 448 g/mol. The van der Waals surface area contributed by atoms with Gasteiger partial charge in [0.05, 0.1) is 6.10 Å². The fraction of sp³-hybridized carbons (Fsp3) is 0.720. The molecule has 0 spiro atoms. The molecule has 0 radical (unpaired) electrons. The number of ether oxygens (including phenoxy) is 1. The van der Waals surface area contributed by atoms with Crippen LogP contribution in [0.4, 0.5) is 4.39 Å². The van der Waals surface area contributed by atoms with Crippen LogP contribution in [0.1, 0.15) is 59.3 Å². The van der Waals surface area contributed by atoms with Gasteiger partial charge in [0.2, 0.25) is 5.78 Å². The normalized spacial score (nSPS) is 44.9. The molecule has 4 rings (SSSR count). The minimum absolute atomic E-state index is 0.150. The van der Waals surface area contributed by atoms with E-state index in [1.807, 2.05) is 20.8 Å². The highest BCUT2D eigenvalue weighted by Gasteiger charge is 2.70. The molecular formula is C25H33FO6. The van der Waals surface area contributed by atoms with Gasteiger partial charge in [-0.2, -0.15) is 0 Å². The first-order valence-electron chi connectivity index (χ1n) is 11.7. The number of ketones is 2. The van der Waals surface area contributed by atoms with Crippen molar-refractivity contribution in [1.82, 2.24) is 0 Å². The highest BCUT2D eigenvalue weighted by molar-refractivity contribution is 6.01. The summed E-state index contributed by atoms with van der Waals surface area (Å²) in [7, 11) is 0. The molecule has 0 aliphatic heterocycles. The Bertz CT molecular complexity index is 895. The molecule has 2 N–H and O–H groups in total. The van der Waals surface area contributed by atoms with E-state index in [0.29, 0.717) is 18.4 Å². The Hall–Kier alpha value is -1.86. The second-order valence-corrected chi connectivity index (χ2v) is 10.5. The summed E-state index contributed by atoms with van der Waals surface area (Å²) in [5, 5.41) is 21.2. The third kappa shape index (κ3) is 3.07. The Morgan fingerprint density at radius 2 is 2.03 bits per heavy atom. The van der Waals surface area contributed by atoms with Gasteiger partial charge in [0.25, 0.3) is 0 Å². The van der Waals surface area contributed by atoms with Gasteiger partial charge in [-0.1, -0.05) is 26.8 Å². The minimum atomic E-state index is -1.52. The van der Waals surface area contributed by atoms with Crippen LogP contribution in [-0.2, 0) is 19.1 Å². The fourth-order valence-electron chi connectivity index (χ4n) is 7.58. The molecule has 6 nitrogen and oxygen atoms in total. The van der Waals surface area contributed by atoms with E-state index in [-0.39, 0.29) is 49.2 Å². The molecule has 8 atom stereocenters. The number of carbonyl (C=O) groups excluding carboxylic acids is 3. The van der Waals surface area contributed by atoms with Crippen molar-refractivity contribution in [1.29, 1.82) is 0 Å². The number of Topliss-reactive ketones (excluding diaryl/α,β-unsaturated/α-hetero) is 1. The van der Waals surface area contributed by atoms with Crippen molar-refractivity contribution < 1.29 is 33.7 Å². The molecule has 0 aromatic carbocycles. The van der Waals surface area contributed by atoms with Crippen molar-refractivity contribution in [3.63, 3.8) is 0 Å². The molecule has 3 saturated carbocycles. The summed E-state index contributed by atoms with van der Waals surface area (Å²) in [5.74, 6) is -2.02. The zero-order chi connectivity index (χ0) is 23.5. The lowest BCUT2D eigenvalue weighted by Crippen LogP contribution is -2.63. The lowest BCUT2D eigenvalue weighted by atomic mass is 9.46. The lowest BCUT2D eigenvalue weighted by Gasteiger charge is -2.60. The molecule has 0 saturated heterocycles. The van der Waals surface area contributed by atoms with Crippen LogP contribution in [0.25, 0.3) is 0 Å². The number of aliphatic hydroxyl groups is 2. The Morgan fingerprint density at radius 1 is 1.31 bits per heavy atom. The van der Waals surface area contributed by atoms with Gasteiger partial charge < -0.3 is 14.9 Å². The number of hydrogen-bond acceptors (Lipinski definition) is 6. The number of aliphatic hydroxyl groups excluding tert-OH is 2. The predicted octanol–water partition coefficient (Wildman–Crippen LogP) is 2.86. The zero-order valence-electron chi connectivity index (χ0n) is 19.0. The van der Waals surface area contributed by atoms with E-state index >= 15 is 4.39 Å². The summed E-state index contributed by atoms with van der Waals surface area (Å²) < 4.78 is 21.3. The molecule has 4 aliphatic carbocycles. The quantitative estimate of drug-likeness (QED) is 0.628. The maximum atomic E-state index is 15.4. The number of hydrogen-bond donors (Lipinski definition) is 2. The average molecular weight is 449 g/mol. The van der Waals surface area contributed by atoms with Crippen LogP contribution in [-0.4, -0.2) is 52.2 Å². The maximum absolute atomic E-state index is 15.4. The molecule has 32 heavy (non-hydrogen) atoms. The van der Waals surface area contributed by atoms with Gasteiger partial charge in [0, 0.05) is 23.2 Å². The summed E-state index contributed by atoms with van der Waals surface area (Å²) in [4.78, 5) is 37.5. The highest BCUT2D eigenvalue weighted by Crippen LogP contribution is 2.68. The maximum Gasteiger partial charge on any atom is 0.306 e. The predicted molar refractivity (Wildman–Crippen MR) is 114 cm³/mol. The van der Waals surface area contributed by atoms with E-state index in [9.17, 15) is 24.6 Å². The van der Waals surface area contributed by atoms with Crippen LogP contribution in [0.3, 0.4) is 0 Å². The van der Waals surface area contributed by atoms with Crippen molar-refractivity contribution in [2.75, 3.05) is 6.61 Å². The number of halogens is 1. The number of esters is 1. The van der Waals surface area contributed by atoms with Crippen LogP contribution >= 0.6 is 0 Å². The van der Waals surface area contributed by atoms with Crippen molar-refractivity contribution in [3.05, 3.63) is 23.8 Å². The molecule has 0 amide bonds. The first-order valence-corrected chi connectivity index (χ1v) is 11.7. The Kier molecular flexibility index (Phi) is 5.73. The van der Waals surface area contributed by atoms with Gasteiger partial charge >= 0.3 is 5.97 Å². The third-order valence-electron chi connectivity index (χ3n) is 8.93.